The van der Waals surface area contributed by atoms with Gasteiger partial charge >= 0.3 is 5.97 Å². The number of carbonyl (C=O) groups excluding carboxylic acids is 3. The number of amides is 2. The van der Waals surface area contributed by atoms with Crippen molar-refractivity contribution in [2.45, 2.75) is 19.3 Å². The van der Waals surface area contributed by atoms with Crippen LogP contribution in [-0.2, 0) is 9.59 Å². The van der Waals surface area contributed by atoms with E-state index in [1.807, 2.05) is 0 Å². The number of imide groups is 1. The van der Waals surface area contributed by atoms with Crippen LogP contribution in [0.25, 0.3) is 0 Å². The molecule has 0 aromatic heterocycles. The molecular weight excluding hydrogens is 378 g/mol. The van der Waals surface area contributed by atoms with E-state index in [2.05, 4.69) is 0 Å². The molecule has 6 heteroatoms. The fourth-order valence-electron chi connectivity index (χ4n) is 5.15. The van der Waals surface area contributed by atoms with Crippen molar-refractivity contribution >= 4 is 35.1 Å². The lowest BCUT2D eigenvalue weighted by molar-refractivity contribution is -0.123. The molecule has 5 nitrogen and oxygen atoms in total. The quantitative estimate of drug-likeness (QED) is 0.446. The molecule has 3 fully saturated rings. The molecule has 28 heavy (non-hydrogen) atoms. The molecule has 4 atom stereocenters. The summed E-state index contributed by atoms with van der Waals surface area (Å²) >= 11 is 5.86. The van der Waals surface area contributed by atoms with Crippen LogP contribution in [0, 0.1) is 23.7 Å². The maximum atomic E-state index is 13.1. The number of carbonyl (C=O) groups is 3. The molecule has 2 bridgehead atoms. The van der Waals surface area contributed by atoms with Crippen LogP contribution in [0.5, 0.6) is 5.75 Å². The summed E-state index contributed by atoms with van der Waals surface area (Å²) in [5.41, 5.74) is 0.511. The Balaban J connectivity index is 1.47. The van der Waals surface area contributed by atoms with Crippen LogP contribution >= 0.6 is 11.6 Å². The second kappa shape index (κ2) is 6.45. The van der Waals surface area contributed by atoms with Crippen LogP contribution in [0.1, 0.15) is 29.6 Å². The Kier molecular flexibility index (Phi) is 4.02. The van der Waals surface area contributed by atoms with Crippen molar-refractivity contribution < 1.29 is 19.1 Å². The summed E-state index contributed by atoms with van der Waals surface area (Å²) in [6.07, 6.45) is 3.00. The van der Waals surface area contributed by atoms with Crippen LogP contribution in [0.3, 0.4) is 0 Å². The largest absolute Gasteiger partial charge is 0.423 e. The van der Waals surface area contributed by atoms with E-state index in [9.17, 15) is 14.4 Å². The Morgan fingerprint density at radius 1 is 0.929 bits per heavy atom. The molecule has 2 amide bonds. The summed E-state index contributed by atoms with van der Waals surface area (Å²) in [6.45, 7) is 0. The van der Waals surface area contributed by atoms with Gasteiger partial charge in [0, 0.05) is 5.02 Å². The number of anilines is 1. The van der Waals surface area contributed by atoms with E-state index in [0.29, 0.717) is 28.3 Å². The van der Waals surface area contributed by atoms with Crippen molar-refractivity contribution in [3.05, 3.63) is 59.1 Å². The number of rotatable bonds is 3. The minimum absolute atomic E-state index is 0.172. The van der Waals surface area contributed by atoms with Crippen molar-refractivity contribution in [1.82, 2.24) is 0 Å². The van der Waals surface area contributed by atoms with E-state index in [1.165, 1.54) is 4.90 Å². The highest BCUT2D eigenvalue weighted by atomic mass is 35.5. The van der Waals surface area contributed by atoms with Crippen LogP contribution in [0.2, 0.25) is 5.02 Å². The van der Waals surface area contributed by atoms with Gasteiger partial charge in [-0.05, 0) is 67.5 Å². The zero-order valence-electron chi connectivity index (χ0n) is 15.0. The van der Waals surface area contributed by atoms with Crippen molar-refractivity contribution in [3.63, 3.8) is 0 Å². The van der Waals surface area contributed by atoms with Gasteiger partial charge in [-0.1, -0.05) is 23.7 Å². The minimum Gasteiger partial charge on any atom is -0.423 e. The van der Waals surface area contributed by atoms with Crippen molar-refractivity contribution in [2.75, 3.05) is 4.90 Å². The van der Waals surface area contributed by atoms with Gasteiger partial charge in [0.05, 0.1) is 23.1 Å². The highest BCUT2D eigenvalue weighted by molar-refractivity contribution is 6.30. The first-order chi connectivity index (χ1) is 13.5. The summed E-state index contributed by atoms with van der Waals surface area (Å²) in [7, 11) is 0. The highest BCUT2D eigenvalue weighted by Gasteiger charge is 2.61. The SMILES string of the molecule is O=C(Oc1ccc(Cl)cc1)c1ccccc1N1C(=O)[C@@H]2[C@@H]3CC[C@H](C3)[C@@H]2C1=O. The second-order valence-electron chi connectivity index (χ2n) is 7.76. The first-order valence-corrected chi connectivity index (χ1v) is 9.87. The monoisotopic (exact) mass is 395 g/mol. The second-order valence-corrected chi connectivity index (χ2v) is 8.19. The average Bonchev–Trinajstić information content (AvgIpc) is 3.37. The molecule has 0 radical (unpaired) electrons. The molecule has 5 rings (SSSR count). The van der Waals surface area contributed by atoms with Gasteiger partial charge < -0.3 is 4.74 Å². The Labute approximate surface area is 167 Å². The molecule has 1 saturated heterocycles. The predicted octanol–water partition coefficient (Wildman–Crippen LogP) is 4.09. The average molecular weight is 396 g/mol. The number of hydrogen-bond donors (Lipinski definition) is 0. The van der Waals surface area contributed by atoms with Gasteiger partial charge in [-0.15, -0.1) is 0 Å². The van der Waals surface area contributed by atoms with Gasteiger partial charge in [0.25, 0.3) is 0 Å². The summed E-state index contributed by atoms with van der Waals surface area (Å²) in [5, 5.41) is 0.537. The van der Waals surface area contributed by atoms with Gasteiger partial charge in [-0.25, -0.2) is 9.69 Å². The number of para-hydroxylation sites is 1. The maximum absolute atomic E-state index is 13.1. The van der Waals surface area contributed by atoms with E-state index in [-0.39, 0.29) is 29.2 Å². The highest BCUT2D eigenvalue weighted by Crippen LogP contribution is 2.56. The van der Waals surface area contributed by atoms with E-state index in [1.54, 1.807) is 48.5 Å². The number of halogens is 1. The molecule has 2 aromatic rings. The summed E-state index contributed by atoms with van der Waals surface area (Å²) < 4.78 is 5.43. The lowest BCUT2D eigenvalue weighted by Crippen LogP contribution is -2.34. The molecule has 1 heterocycles. The number of ether oxygens (including phenoxy) is 1. The standard InChI is InChI=1S/C22H18ClNO4/c23-14-7-9-15(10-8-14)28-22(27)16-3-1-2-4-17(16)24-20(25)18-12-5-6-13(11-12)19(18)21(24)26/h1-4,7-10,12-13,18-19H,5-6,11H2/t12-,13-,18-,19+/m1/s1. The third kappa shape index (κ3) is 2.57. The topological polar surface area (TPSA) is 63.7 Å². The van der Waals surface area contributed by atoms with Gasteiger partial charge in [-0.2, -0.15) is 0 Å². The zero-order valence-corrected chi connectivity index (χ0v) is 15.8. The normalized spacial score (nSPS) is 28.0. The lowest BCUT2D eigenvalue weighted by Gasteiger charge is -2.19. The number of benzene rings is 2. The Morgan fingerprint density at radius 3 is 2.18 bits per heavy atom. The van der Waals surface area contributed by atoms with Crippen LogP contribution in [0.4, 0.5) is 5.69 Å². The van der Waals surface area contributed by atoms with Crippen LogP contribution in [0.15, 0.2) is 48.5 Å². The maximum Gasteiger partial charge on any atom is 0.345 e. The van der Waals surface area contributed by atoms with Crippen LogP contribution in [-0.4, -0.2) is 17.8 Å². The Hall–Kier alpha value is -2.66. The van der Waals surface area contributed by atoms with Gasteiger partial charge in [0.2, 0.25) is 11.8 Å². The fourth-order valence-corrected chi connectivity index (χ4v) is 5.28. The molecular formula is C22H18ClNO4. The lowest BCUT2D eigenvalue weighted by atomic mass is 9.81. The first kappa shape index (κ1) is 17.4. The minimum atomic E-state index is -0.612. The van der Waals surface area contributed by atoms with Crippen molar-refractivity contribution in [2.24, 2.45) is 23.7 Å². The van der Waals surface area contributed by atoms with E-state index in [0.717, 1.165) is 19.3 Å². The predicted molar refractivity (Wildman–Crippen MR) is 103 cm³/mol. The summed E-state index contributed by atoms with van der Waals surface area (Å²) in [4.78, 5) is 40.2. The molecule has 0 N–H and O–H groups in total. The van der Waals surface area contributed by atoms with Gasteiger partial charge in [-0.3, -0.25) is 9.59 Å². The molecule has 1 aliphatic heterocycles. The third-order valence-corrected chi connectivity index (χ3v) is 6.57. The Bertz CT molecular complexity index is 958. The first-order valence-electron chi connectivity index (χ1n) is 9.49. The molecule has 2 aliphatic carbocycles. The summed E-state index contributed by atoms with van der Waals surface area (Å²) in [6, 6.07) is 13.1. The van der Waals surface area contributed by atoms with E-state index >= 15 is 0 Å². The number of hydrogen-bond acceptors (Lipinski definition) is 4. The molecule has 2 saturated carbocycles. The third-order valence-electron chi connectivity index (χ3n) is 6.32. The van der Waals surface area contributed by atoms with Gasteiger partial charge in [0.15, 0.2) is 0 Å². The molecule has 0 unspecified atom stereocenters. The molecule has 3 aliphatic rings. The van der Waals surface area contributed by atoms with Crippen molar-refractivity contribution in [3.8, 4) is 5.75 Å². The number of esters is 1. The van der Waals surface area contributed by atoms with Crippen molar-refractivity contribution in [1.29, 1.82) is 0 Å². The smallest absolute Gasteiger partial charge is 0.345 e. The fraction of sp³-hybridized carbons (Fsp3) is 0.318. The van der Waals surface area contributed by atoms with E-state index in [4.69, 9.17) is 16.3 Å². The zero-order chi connectivity index (χ0) is 19.4. The molecule has 142 valence electrons. The number of fused-ring (bicyclic) bond motifs is 5. The van der Waals surface area contributed by atoms with Crippen LogP contribution < -0.4 is 9.64 Å². The summed E-state index contributed by atoms with van der Waals surface area (Å²) in [5.74, 6) is -0.480. The van der Waals surface area contributed by atoms with E-state index < -0.39 is 5.97 Å². The Morgan fingerprint density at radius 2 is 1.54 bits per heavy atom. The molecule has 0 spiro atoms. The molecule has 2 aromatic carbocycles. The number of nitrogens with zero attached hydrogens (tertiary/aromatic N) is 1. The van der Waals surface area contributed by atoms with Gasteiger partial charge in [0.1, 0.15) is 5.75 Å².